The van der Waals surface area contributed by atoms with E-state index in [9.17, 15) is 13.2 Å². The Morgan fingerprint density at radius 3 is 2.52 bits per heavy atom. The molecule has 1 fully saturated rings. The second-order valence-corrected chi connectivity index (χ2v) is 9.78. The Labute approximate surface area is 185 Å². The van der Waals surface area contributed by atoms with E-state index in [1.807, 2.05) is 33.3 Å². The standard InChI is InChI=1S/C22H33N5O3S/c1-4-27(5-2)31(29,30)19-10-11-21(26-13-6-7-14-26)20(15-19)22(28)23-12-8-9-18-16-24-25(3)17-18/h10-11,15-17H,4-9,12-14H2,1-3H3,(H,23,28). The quantitative estimate of drug-likeness (QED) is 0.565. The first-order valence-corrected chi connectivity index (χ1v) is 12.5. The molecule has 8 nitrogen and oxygen atoms in total. The van der Waals surface area contributed by atoms with Crippen molar-refractivity contribution in [2.45, 2.75) is 44.4 Å². The Hall–Kier alpha value is -2.39. The van der Waals surface area contributed by atoms with E-state index < -0.39 is 10.0 Å². The summed E-state index contributed by atoms with van der Waals surface area (Å²) >= 11 is 0. The van der Waals surface area contributed by atoms with Crippen LogP contribution in [0.3, 0.4) is 0 Å². The average Bonchev–Trinajstić information content (AvgIpc) is 3.43. The minimum Gasteiger partial charge on any atom is -0.371 e. The molecular formula is C22H33N5O3S. The lowest BCUT2D eigenvalue weighted by Crippen LogP contribution is -2.32. The number of amides is 1. The predicted octanol–water partition coefficient (Wildman–Crippen LogP) is 2.41. The summed E-state index contributed by atoms with van der Waals surface area (Å²) in [5.41, 5.74) is 2.36. The van der Waals surface area contributed by atoms with Crippen LogP contribution >= 0.6 is 0 Å². The van der Waals surface area contributed by atoms with E-state index in [0.29, 0.717) is 25.2 Å². The Morgan fingerprint density at radius 1 is 1.19 bits per heavy atom. The average molecular weight is 448 g/mol. The lowest BCUT2D eigenvalue weighted by molar-refractivity contribution is 0.0953. The summed E-state index contributed by atoms with van der Waals surface area (Å²) in [7, 11) is -1.75. The van der Waals surface area contributed by atoms with Gasteiger partial charge in [0.05, 0.1) is 16.7 Å². The Kier molecular flexibility index (Phi) is 7.72. The number of sulfonamides is 1. The molecule has 2 heterocycles. The molecule has 2 aromatic rings. The van der Waals surface area contributed by atoms with Crippen LogP contribution in [0, 0.1) is 0 Å². The molecule has 1 saturated heterocycles. The fraction of sp³-hybridized carbons (Fsp3) is 0.545. The van der Waals surface area contributed by atoms with Crippen LogP contribution < -0.4 is 10.2 Å². The van der Waals surface area contributed by atoms with Crippen molar-refractivity contribution in [1.29, 1.82) is 0 Å². The van der Waals surface area contributed by atoms with Crippen LogP contribution in [0.4, 0.5) is 5.69 Å². The van der Waals surface area contributed by atoms with Crippen LogP contribution in [-0.2, 0) is 23.5 Å². The Bertz CT molecular complexity index is 992. The molecule has 1 aromatic heterocycles. The van der Waals surface area contributed by atoms with E-state index in [4.69, 9.17) is 0 Å². The summed E-state index contributed by atoms with van der Waals surface area (Å²) in [5.74, 6) is -0.232. The smallest absolute Gasteiger partial charge is 0.253 e. The van der Waals surface area contributed by atoms with Gasteiger partial charge in [-0.15, -0.1) is 0 Å². The maximum Gasteiger partial charge on any atom is 0.253 e. The summed E-state index contributed by atoms with van der Waals surface area (Å²) < 4.78 is 29.2. The van der Waals surface area contributed by atoms with E-state index >= 15 is 0 Å². The molecule has 1 amide bonds. The molecule has 170 valence electrons. The third-order valence-corrected chi connectivity index (χ3v) is 7.73. The summed E-state index contributed by atoms with van der Waals surface area (Å²) in [6, 6.07) is 4.95. The molecule has 1 aromatic carbocycles. The van der Waals surface area contributed by atoms with Gasteiger partial charge in [-0.25, -0.2) is 8.42 Å². The Morgan fingerprint density at radius 2 is 1.90 bits per heavy atom. The highest BCUT2D eigenvalue weighted by atomic mass is 32.2. The molecule has 0 radical (unpaired) electrons. The SMILES string of the molecule is CCN(CC)S(=O)(=O)c1ccc(N2CCCC2)c(C(=O)NCCCc2cnn(C)c2)c1. The van der Waals surface area contributed by atoms with E-state index in [0.717, 1.165) is 50.0 Å². The van der Waals surface area contributed by atoms with Crippen LogP contribution in [0.25, 0.3) is 0 Å². The van der Waals surface area contributed by atoms with Gasteiger partial charge in [0.15, 0.2) is 0 Å². The van der Waals surface area contributed by atoms with Crippen molar-refractivity contribution >= 4 is 21.6 Å². The minimum absolute atomic E-state index is 0.166. The van der Waals surface area contributed by atoms with Gasteiger partial charge in [-0.05, 0) is 49.4 Å². The fourth-order valence-corrected chi connectivity index (χ4v) is 5.48. The van der Waals surface area contributed by atoms with Gasteiger partial charge in [0.25, 0.3) is 5.91 Å². The van der Waals surface area contributed by atoms with Gasteiger partial charge >= 0.3 is 0 Å². The van der Waals surface area contributed by atoms with Crippen molar-refractivity contribution in [2.75, 3.05) is 37.6 Å². The van der Waals surface area contributed by atoms with E-state index in [-0.39, 0.29) is 10.8 Å². The van der Waals surface area contributed by atoms with E-state index in [1.165, 1.54) is 10.4 Å². The fourth-order valence-electron chi connectivity index (χ4n) is 3.99. The van der Waals surface area contributed by atoms with Crippen molar-refractivity contribution in [3.63, 3.8) is 0 Å². The second kappa shape index (κ2) is 10.3. The zero-order valence-corrected chi connectivity index (χ0v) is 19.5. The molecule has 0 atom stereocenters. The van der Waals surface area contributed by atoms with Crippen molar-refractivity contribution < 1.29 is 13.2 Å². The molecule has 3 rings (SSSR count). The number of benzene rings is 1. The number of aryl methyl sites for hydroxylation is 2. The zero-order chi connectivity index (χ0) is 22.4. The van der Waals surface area contributed by atoms with E-state index in [1.54, 1.807) is 16.8 Å². The van der Waals surface area contributed by atoms with Crippen LogP contribution in [0.2, 0.25) is 0 Å². The predicted molar refractivity (Wildman–Crippen MR) is 122 cm³/mol. The van der Waals surface area contributed by atoms with Gasteiger partial charge < -0.3 is 10.2 Å². The number of rotatable bonds is 10. The largest absolute Gasteiger partial charge is 0.371 e. The number of hydrogen-bond acceptors (Lipinski definition) is 5. The van der Waals surface area contributed by atoms with Crippen LogP contribution in [0.5, 0.6) is 0 Å². The molecule has 1 aliphatic heterocycles. The van der Waals surface area contributed by atoms with Gasteiger partial charge in [0, 0.05) is 51.7 Å². The Balaban J connectivity index is 1.78. The molecule has 31 heavy (non-hydrogen) atoms. The molecule has 9 heteroatoms. The highest BCUT2D eigenvalue weighted by Gasteiger charge is 2.26. The lowest BCUT2D eigenvalue weighted by atomic mass is 10.1. The number of carbonyl (C=O) groups excluding carboxylic acids is 1. The number of hydrogen-bond donors (Lipinski definition) is 1. The highest BCUT2D eigenvalue weighted by Crippen LogP contribution is 2.28. The number of nitrogens with zero attached hydrogens (tertiary/aromatic N) is 4. The summed E-state index contributed by atoms with van der Waals surface area (Å²) in [6.45, 7) is 6.68. The summed E-state index contributed by atoms with van der Waals surface area (Å²) in [4.78, 5) is 15.4. The van der Waals surface area contributed by atoms with Gasteiger partial charge in [-0.1, -0.05) is 13.8 Å². The maximum absolute atomic E-state index is 13.1. The van der Waals surface area contributed by atoms with Gasteiger partial charge in [-0.2, -0.15) is 9.40 Å². The molecule has 0 unspecified atom stereocenters. The number of carbonyl (C=O) groups is 1. The minimum atomic E-state index is -3.63. The lowest BCUT2D eigenvalue weighted by Gasteiger charge is -2.23. The van der Waals surface area contributed by atoms with Gasteiger partial charge in [-0.3, -0.25) is 9.48 Å². The van der Waals surface area contributed by atoms with Crippen LogP contribution in [0.15, 0.2) is 35.5 Å². The molecule has 0 aliphatic carbocycles. The first-order chi connectivity index (χ1) is 14.9. The van der Waals surface area contributed by atoms with Gasteiger partial charge in [0.2, 0.25) is 10.0 Å². The maximum atomic E-state index is 13.1. The second-order valence-electron chi connectivity index (χ2n) is 7.84. The van der Waals surface area contributed by atoms with Crippen LogP contribution in [-0.4, -0.2) is 61.1 Å². The van der Waals surface area contributed by atoms with Crippen LogP contribution in [0.1, 0.15) is 49.0 Å². The number of anilines is 1. The third kappa shape index (κ3) is 5.46. The summed E-state index contributed by atoms with van der Waals surface area (Å²) in [6.07, 6.45) is 7.55. The molecule has 0 spiro atoms. The molecule has 1 aliphatic rings. The van der Waals surface area contributed by atoms with E-state index in [2.05, 4.69) is 15.3 Å². The summed E-state index contributed by atoms with van der Waals surface area (Å²) in [5, 5.41) is 7.13. The van der Waals surface area contributed by atoms with Crippen molar-refractivity contribution in [2.24, 2.45) is 7.05 Å². The first-order valence-electron chi connectivity index (χ1n) is 11.0. The molecule has 0 bridgehead atoms. The third-order valence-electron chi connectivity index (χ3n) is 5.69. The molecule has 1 N–H and O–H groups in total. The molecule has 0 saturated carbocycles. The topological polar surface area (TPSA) is 87.5 Å². The monoisotopic (exact) mass is 447 g/mol. The zero-order valence-electron chi connectivity index (χ0n) is 18.7. The first kappa shape index (κ1) is 23.3. The number of nitrogens with one attached hydrogen (secondary N) is 1. The molecular weight excluding hydrogens is 414 g/mol. The van der Waals surface area contributed by atoms with Crippen molar-refractivity contribution in [3.05, 3.63) is 41.7 Å². The normalized spacial score (nSPS) is 14.4. The van der Waals surface area contributed by atoms with Crippen molar-refractivity contribution in [1.82, 2.24) is 19.4 Å². The number of aromatic nitrogens is 2. The van der Waals surface area contributed by atoms with Crippen molar-refractivity contribution in [3.8, 4) is 0 Å². The highest BCUT2D eigenvalue weighted by molar-refractivity contribution is 7.89. The van der Waals surface area contributed by atoms with Gasteiger partial charge in [0.1, 0.15) is 0 Å².